The van der Waals surface area contributed by atoms with Crippen LogP contribution >= 0.6 is 11.8 Å². The summed E-state index contributed by atoms with van der Waals surface area (Å²) in [4.78, 5) is 38.7. The van der Waals surface area contributed by atoms with Crippen LogP contribution in [0.2, 0.25) is 0 Å². The van der Waals surface area contributed by atoms with E-state index in [1.807, 2.05) is 32.9 Å². The van der Waals surface area contributed by atoms with Gasteiger partial charge in [0.1, 0.15) is 16.7 Å². The normalized spacial score (nSPS) is 22.1. The number of carbonyl (C=O) groups excluding carboxylic acids is 3. The first-order valence-corrected chi connectivity index (χ1v) is 11.5. The maximum absolute atomic E-state index is 13.4. The van der Waals surface area contributed by atoms with Crippen molar-refractivity contribution in [3.05, 3.63) is 64.5 Å². The fourth-order valence-corrected chi connectivity index (χ4v) is 6.25. The Kier molecular flexibility index (Phi) is 5.99. The summed E-state index contributed by atoms with van der Waals surface area (Å²) >= 11 is 1.48. The van der Waals surface area contributed by atoms with Gasteiger partial charge in [-0.15, -0.1) is 11.8 Å². The molecule has 2 aromatic carbocycles. The van der Waals surface area contributed by atoms with Crippen molar-refractivity contribution in [1.82, 2.24) is 4.90 Å². The minimum atomic E-state index is -0.782. The lowest BCUT2D eigenvalue weighted by atomic mass is 10.0. The van der Waals surface area contributed by atoms with Gasteiger partial charge < -0.3 is 15.0 Å². The molecule has 0 aliphatic carbocycles. The van der Waals surface area contributed by atoms with Crippen molar-refractivity contribution in [2.75, 3.05) is 17.7 Å². The summed E-state index contributed by atoms with van der Waals surface area (Å²) in [6.07, 6.45) is 0.846. The number of nitrogens with zero attached hydrogens (tertiary/aromatic N) is 1. The second kappa shape index (κ2) is 8.58. The number of anilines is 1. The van der Waals surface area contributed by atoms with E-state index in [4.69, 9.17) is 4.74 Å². The Hall–Kier alpha value is -2.87. The lowest BCUT2D eigenvalue weighted by molar-refractivity contribution is -0.155. The fraction of sp³-hybridized carbons (Fsp3) is 0.375. The van der Waals surface area contributed by atoms with Crippen LogP contribution in [0.3, 0.4) is 0 Å². The van der Waals surface area contributed by atoms with E-state index in [9.17, 15) is 18.8 Å². The maximum Gasteiger partial charge on any atom is 0.330 e. The van der Waals surface area contributed by atoms with Gasteiger partial charge >= 0.3 is 5.97 Å². The zero-order valence-electron chi connectivity index (χ0n) is 18.2. The summed E-state index contributed by atoms with van der Waals surface area (Å²) < 4.78 is 18.7. The molecule has 6 nitrogen and oxygen atoms in total. The number of ether oxygens (including phenoxy) is 1. The molecule has 2 fully saturated rings. The van der Waals surface area contributed by atoms with E-state index < -0.39 is 29.4 Å². The molecule has 0 saturated carbocycles. The zero-order valence-corrected chi connectivity index (χ0v) is 19.1. The molecule has 1 N–H and O–H groups in total. The Balaban J connectivity index is 1.43. The molecule has 2 aliphatic heterocycles. The topological polar surface area (TPSA) is 75.7 Å². The van der Waals surface area contributed by atoms with Crippen LogP contribution in [0.5, 0.6) is 0 Å². The lowest BCUT2D eigenvalue weighted by Gasteiger charge is -2.33. The molecule has 2 amide bonds. The first-order valence-electron chi connectivity index (χ1n) is 10.5. The largest absolute Gasteiger partial charge is 0.454 e. The molecule has 4 rings (SSSR count). The average molecular weight is 457 g/mol. The molecular weight excluding hydrogens is 431 g/mol. The van der Waals surface area contributed by atoms with Crippen LogP contribution in [0.15, 0.2) is 36.4 Å². The molecule has 2 heterocycles. The minimum absolute atomic E-state index is 0.142. The summed E-state index contributed by atoms with van der Waals surface area (Å²) in [6.45, 7) is 5.37. The van der Waals surface area contributed by atoms with Crippen molar-refractivity contribution in [3.63, 3.8) is 0 Å². The van der Waals surface area contributed by atoms with Crippen molar-refractivity contribution in [2.45, 2.75) is 44.5 Å². The number of hydrogen-bond donors (Lipinski definition) is 1. The minimum Gasteiger partial charge on any atom is -0.454 e. The summed E-state index contributed by atoms with van der Waals surface area (Å²) in [7, 11) is 0. The number of halogens is 1. The SMILES string of the molecule is Cc1cc(C)c(NC(=O)COC(=O)[C@@H]2CS[C@]3(c4ccc(F)cc4)CCC(=O)N23)c(C)c1. The van der Waals surface area contributed by atoms with E-state index in [1.54, 1.807) is 17.0 Å². The number of amides is 2. The van der Waals surface area contributed by atoms with Crippen LogP contribution < -0.4 is 5.32 Å². The molecule has 2 saturated heterocycles. The van der Waals surface area contributed by atoms with Crippen LogP contribution in [0.4, 0.5) is 10.1 Å². The van der Waals surface area contributed by atoms with Gasteiger partial charge in [0.25, 0.3) is 5.91 Å². The number of nitrogens with one attached hydrogen (secondary N) is 1. The third kappa shape index (κ3) is 3.99. The fourth-order valence-electron chi connectivity index (χ4n) is 4.61. The number of esters is 1. The van der Waals surface area contributed by atoms with Crippen LogP contribution in [0.25, 0.3) is 0 Å². The van der Waals surface area contributed by atoms with Crippen LogP contribution in [-0.4, -0.2) is 41.1 Å². The second-order valence-corrected chi connectivity index (χ2v) is 9.61. The van der Waals surface area contributed by atoms with Crippen LogP contribution in [0, 0.1) is 26.6 Å². The summed E-state index contributed by atoms with van der Waals surface area (Å²) in [5.41, 5.74) is 4.46. The molecule has 0 radical (unpaired) electrons. The maximum atomic E-state index is 13.4. The highest BCUT2D eigenvalue weighted by Crippen LogP contribution is 2.54. The molecule has 8 heteroatoms. The first kappa shape index (κ1) is 22.3. The molecule has 2 aliphatic rings. The van der Waals surface area contributed by atoms with E-state index in [0.717, 1.165) is 22.3 Å². The Morgan fingerprint density at radius 3 is 2.50 bits per heavy atom. The number of thioether (sulfide) groups is 1. The molecule has 32 heavy (non-hydrogen) atoms. The predicted octanol–water partition coefficient (Wildman–Crippen LogP) is 3.82. The highest BCUT2D eigenvalue weighted by molar-refractivity contribution is 8.00. The van der Waals surface area contributed by atoms with E-state index >= 15 is 0 Å². The molecule has 168 valence electrons. The third-order valence-corrected chi connectivity index (χ3v) is 7.58. The Labute approximate surface area is 190 Å². The Bertz CT molecular complexity index is 1060. The quantitative estimate of drug-likeness (QED) is 0.693. The van der Waals surface area contributed by atoms with E-state index in [0.29, 0.717) is 24.3 Å². The van der Waals surface area contributed by atoms with Crippen molar-refractivity contribution in [2.24, 2.45) is 0 Å². The Morgan fingerprint density at radius 2 is 1.84 bits per heavy atom. The van der Waals surface area contributed by atoms with Gasteiger partial charge in [0.15, 0.2) is 6.61 Å². The highest BCUT2D eigenvalue weighted by atomic mass is 32.2. The number of rotatable bonds is 5. The number of aryl methyl sites for hydroxylation is 3. The van der Waals surface area contributed by atoms with Crippen molar-refractivity contribution < 1.29 is 23.5 Å². The summed E-state index contributed by atoms with van der Waals surface area (Å²) in [5, 5.41) is 2.81. The van der Waals surface area contributed by atoms with E-state index in [-0.39, 0.29) is 11.7 Å². The van der Waals surface area contributed by atoms with Gasteiger partial charge in [-0.3, -0.25) is 9.59 Å². The molecule has 0 bridgehead atoms. The van der Waals surface area contributed by atoms with Gasteiger partial charge in [0, 0.05) is 17.9 Å². The number of hydrogen-bond acceptors (Lipinski definition) is 5. The highest BCUT2D eigenvalue weighted by Gasteiger charge is 2.57. The first-order chi connectivity index (χ1) is 15.2. The molecule has 0 spiro atoms. The van der Waals surface area contributed by atoms with Gasteiger partial charge in [-0.1, -0.05) is 29.8 Å². The number of carbonyl (C=O) groups is 3. The van der Waals surface area contributed by atoms with Gasteiger partial charge in [0.2, 0.25) is 5.91 Å². The van der Waals surface area contributed by atoms with E-state index in [1.165, 1.54) is 23.9 Å². The van der Waals surface area contributed by atoms with Crippen LogP contribution in [0.1, 0.15) is 35.1 Å². The van der Waals surface area contributed by atoms with Crippen molar-refractivity contribution in [3.8, 4) is 0 Å². The molecular formula is C24H25FN2O4S. The Morgan fingerprint density at radius 1 is 1.19 bits per heavy atom. The zero-order chi connectivity index (χ0) is 23.0. The molecule has 0 unspecified atom stereocenters. The third-order valence-electron chi connectivity index (χ3n) is 5.98. The number of fused-ring (bicyclic) bond motifs is 1. The summed E-state index contributed by atoms with van der Waals surface area (Å²) in [6, 6.07) is 9.18. The lowest BCUT2D eigenvalue weighted by Crippen LogP contribution is -2.47. The monoisotopic (exact) mass is 456 g/mol. The van der Waals surface area contributed by atoms with Gasteiger partial charge in [0.05, 0.1) is 0 Å². The standard InChI is InChI=1S/C24H25FN2O4S/c1-14-10-15(2)22(16(3)11-14)26-20(28)12-31-23(30)19-13-32-24(9-8-21(29)27(19)24)17-4-6-18(25)7-5-17/h4-7,10-11,19H,8-9,12-13H2,1-3H3,(H,26,28)/t19-,24-/m0/s1. The van der Waals surface area contributed by atoms with Gasteiger partial charge in [-0.2, -0.15) is 0 Å². The van der Waals surface area contributed by atoms with Gasteiger partial charge in [-0.25, -0.2) is 9.18 Å². The van der Waals surface area contributed by atoms with Crippen molar-refractivity contribution >= 4 is 35.2 Å². The molecule has 2 atom stereocenters. The predicted molar refractivity (Wildman–Crippen MR) is 121 cm³/mol. The summed E-state index contributed by atoms with van der Waals surface area (Å²) in [5.74, 6) is -1.18. The van der Waals surface area contributed by atoms with Gasteiger partial charge in [-0.05, 0) is 56.0 Å². The average Bonchev–Trinajstić information content (AvgIpc) is 3.28. The van der Waals surface area contributed by atoms with E-state index in [2.05, 4.69) is 5.32 Å². The molecule has 0 aromatic heterocycles. The number of benzene rings is 2. The smallest absolute Gasteiger partial charge is 0.330 e. The molecule has 2 aromatic rings. The van der Waals surface area contributed by atoms with Crippen LogP contribution in [-0.2, 0) is 24.0 Å². The second-order valence-electron chi connectivity index (χ2n) is 8.31. The van der Waals surface area contributed by atoms with Crippen molar-refractivity contribution in [1.29, 1.82) is 0 Å².